The van der Waals surface area contributed by atoms with Crippen molar-refractivity contribution in [2.75, 3.05) is 0 Å². The third-order valence-corrected chi connectivity index (χ3v) is 5.15. The number of halogens is 2. The van der Waals surface area contributed by atoms with E-state index in [2.05, 4.69) is 26.2 Å². The molecule has 1 aromatic heterocycles. The molecule has 0 aliphatic carbocycles. The molecular formula is C20H15BrFN3O3. The minimum atomic E-state index is -1.17. The Labute approximate surface area is 168 Å². The zero-order chi connectivity index (χ0) is 19.9. The predicted molar refractivity (Wildman–Crippen MR) is 102 cm³/mol. The molecule has 8 heteroatoms. The van der Waals surface area contributed by atoms with Gasteiger partial charge in [-0.1, -0.05) is 28.1 Å². The summed E-state index contributed by atoms with van der Waals surface area (Å²) in [6.45, 7) is 1.56. The van der Waals surface area contributed by atoms with Crippen molar-refractivity contribution in [3.63, 3.8) is 0 Å². The fraction of sp³-hybridized carbons (Fsp3) is 0.150. The van der Waals surface area contributed by atoms with Gasteiger partial charge < -0.3 is 9.73 Å². The van der Waals surface area contributed by atoms with Crippen LogP contribution in [0.3, 0.4) is 0 Å². The molecule has 1 N–H and O–H groups in total. The molecule has 0 spiro atoms. The molecule has 0 radical (unpaired) electrons. The number of nitrogens with one attached hydrogen (secondary N) is 1. The maximum absolute atomic E-state index is 13.1. The third kappa shape index (κ3) is 3.20. The summed E-state index contributed by atoms with van der Waals surface area (Å²) >= 11 is 3.38. The van der Waals surface area contributed by atoms with Crippen LogP contribution in [0.5, 0.6) is 0 Å². The lowest BCUT2D eigenvalue weighted by atomic mass is 9.92. The molecule has 2 aromatic carbocycles. The summed E-state index contributed by atoms with van der Waals surface area (Å²) in [7, 11) is 0. The molecule has 0 bridgehead atoms. The number of nitrogens with zero attached hydrogens (tertiary/aromatic N) is 2. The highest BCUT2D eigenvalue weighted by Crippen LogP contribution is 2.31. The highest BCUT2D eigenvalue weighted by Gasteiger charge is 2.49. The van der Waals surface area contributed by atoms with Gasteiger partial charge in [-0.3, -0.25) is 9.69 Å². The Kier molecular flexibility index (Phi) is 4.50. The van der Waals surface area contributed by atoms with E-state index in [1.807, 2.05) is 6.07 Å². The van der Waals surface area contributed by atoms with E-state index < -0.39 is 17.5 Å². The van der Waals surface area contributed by atoms with Gasteiger partial charge in [-0.25, -0.2) is 14.2 Å². The van der Waals surface area contributed by atoms with Crippen LogP contribution >= 0.6 is 15.9 Å². The number of benzene rings is 2. The van der Waals surface area contributed by atoms with E-state index >= 15 is 0 Å². The standard InChI is InChI=1S/C20H15BrFN3O3/c1-20(13-3-2-4-14(21)9-13)18(26)25(19(27)24-20)11-17-23-10-16(28-17)12-5-7-15(22)8-6-12/h2-10H,11H2,1H3,(H,24,27)/t20-/m1/s1. The van der Waals surface area contributed by atoms with E-state index in [1.165, 1.54) is 18.3 Å². The van der Waals surface area contributed by atoms with Crippen LogP contribution in [0.4, 0.5) is 9.18 Å². The van der Waals surface area contributed by atoms with Crippen molar-refractivity contribution in [1.82, 2.24) is 15.2 Å². The van der Waals surface area contributed by atoms with Gasteiger partial charge in [0.2, 0.25) is 5.89 Å². The Bertz CT molecular complexity index is 1070. The van der Waals surface area contributed by atoms with E-state index in [0.29, 0.717) is 16.9 Å². The van der Waals surface area contributed by atoms with Crippen molar-refractivity contribution < 1.29 is 18.4 Å². The van der Waals surface area contributed by atoms with Crippen molar-refractivity contribution in [3.8, 4) is 11.3 Å². The smallest absolute Gasteiger partial charge is 0.325 e. The normalized spacial score (nSPS) is 19.2. The Hall–Kier alpha value is -3.00. The summed E-state index contributed by atoms with van der Waals surface area (Å²) in [5.41, 5.74) is 0.145. The highest BCUT2D eigenvalue weighted by atomic mass is 79.9. The second kappa shape index (κ2) is 6.87. The van der Waals surface area contributed by atoms with Crippen LogP contribution in [-0.2, 0) is 16.9 Å². The minimum Gasteiger partial charge on any atom is -0.439 e. The summed E-state index contributed by atoms with van der Waals surface area (Å²) in [5, 5.41) is 2.74. The molecule has 2 heterocycles. The first kappa shape index (κ1) is 18.4. The molecule has 4 rings (SSSR count). The molecule has 142 valence electrons. The first-order valence-corrected chi connectivity index (χ1v) is 9.27. The lowest BCUT2D eigenvalue weighted by molar-refractivity contribution is -0.131. The van der Waals surface area contributed by atoms with Crippen LogP contribution in [0.2, 0.25) is 0 Å². The first-order valence-electron chi connectivity index (χ1n) is 8.47. The second-order valence-electron chi connectivity index (χ2n) is 6.58. The zero-order valence-corrected chi connectivity index (χ0v) is 16.4. The molecule has 3 aromatic rings. The van der Waals surface area contributed by atoms with Gasteiger partial charge >= 0.3 is 6.03 Å². The van der Waals surface area contributed by atoms with Crippen LogP contribution in [0, 0.1) is 5.82 Å². The van der Waals surface area contributed by atoms with Gasteiger partial charge in [-0.2, -0.15) is 0 Å². The Balaban J connectivity index is 1.56. The largest absolute Gasteiger partial charge is 0.439 e. The zero-order valence-electron chi connectivity index (χ0n) is 14.8. The van der Waals surface area contributed by atoms with Gasteiger partial charge in [-0.05, 0) is 48.9 Å². The van der Waals surface area contributed by atoms with Gasteiger partial charge in [0.25, 0.3) is 5.91 Å². The SMILES string of the molecule is C[C@]1(c2cccc(Br)c2)NC(=O)N(Cc2ncc(-c3ccc(F)cc3)o2)C1=O. The lowest BCUT2D eigenvalue weighted by Gasteiger charge is -2.22. The van der Waals surface area contributed by atoms with Crippen molar-refractivity contribution in [2.24, 2.45) is 0 Å². The number of imide groups is 1. The summed E-state index contributed by atoms with van der Waals surface area (Å²) < 4.78 is 19.5. The predicted octanol–water partition coefficient (Wildman–Crippen LogP) is 4.21. The number of carbonyl (C=O) groups excluding carboxylic acids is 2. The highest BCUT2D eigenvalue weighted by molar-refractivity contribution is 9.10. The van der Waals surface area contributed by atoms with Crippen molar-refractivity contribution in [2.45, 2.75) is 19.0 Å². The second-order valence-corrected chi connectivity index (χ2v) is 7.50. The molecule has 1 aliphatic rings. The molecule has 28 heavy (non-hydrogen) atoms. The van der Waals surface area contributed by atoms with E-state index in [4.69, 9.17) is 4.42 Å². The molecule has 3 amide bonds. The number of urea groups is 1. The molecule has 6 nitrogen and oxygen atoms in total. The molecule has 1 aliphatic heterocycles. The maximum atomic E-state index is 13.1. The van der Waals surface area contributed by atoms with Gasteiger partial charge in [-0.15, -0.1) is 0 Å². The number of hydrogen-bond donors (Lipinski definition) is 1. The molecular weight excluding hydrogens is 429 g/mol. The number of carbonyl (C=O) groups is 2. The fourth-order valence-electron chi connectivity index (χ4n) is 3.10. The third-order valence-electron chi connectivity index (χ3n) is 4.65. The minimum absolute atomic E-state index is 0.102. The Morgan fingerprint density at radius 1 is 1.21 bits per heavy atom. The van der Waals surface area contributed by atoms with Crippen molar-refractivity contribution in [1.29, 1.82) is 0 Å². The molecule has 1 atom stereocenters. The van der Waals surface area contributed by atoms with Gasteiger partial charge in [0, 0.05) is 10.0 Å². The number of amides is 3. The van der Waals surface area contributed by atoms with E-state index in [1.54, 1.807) is 37.3 Å². The monoisotopic (exact) mass is 443 g/mol. The maximum Gasteiger partial charge on any atom is 0.325 e. The fourth-order valence-corrected chi connectivity index (χ4v) is 3.50. The van der Waals surface area contributed by atoms with E-state index in [-0.39, 0.29) is 18.3 Å². The summed E-state index contributed by atoms with van der Waals surface area (Å²) in [4.78, 5) is 30.6. The average molecular weight is 444 g/mol. The molecule has 1 saturated heterocycles. The Morgan fingerprint density at radius 2 is 1.96 bits per heavy atom. The van der Waals surface area contributed by atoms with Crippen LogP contribution in [-0.4, -0.2) is 21.8 Å². The molecule has 0 unspecified atom stereocenters. The lowest BCUT2D eigenvalue weighted by Crippen LogP contribution is -2.40. The number of rotatable bonds is 4. The molecule has 0 saturated carbocycles. The van der Waals surface area contributed by atoms with E-state index in [0.717, 1.165) is 9.37 Å². The number of aromatic nitrogens is 1. The molecule has 1 fully saturated rings. The van der Waals surface area contributed by atoms with Gasteiger partial charge in [0.1, 0.15) is 17.9 Å². The topological polar surface area (TPSA) is 75.4 Å². The van der Waals surface area contributed by atoms with Crippen LogP contribution in [0.25, 0.3) is 11.3 Å². The van der Waals surface area contributed by atoms with Gasteiger partial charge in [0.15, 0.2) is 5.76 Å². The summed E-state index contributed by atoms with van der Waals surface area (Å²) in [5.74, 6) is -0.107. The van der Waals surface area contributed by atoms with Crippen LogP contribution in [0.1, 0.15) is 18.4 Å². The van der Waals surface area contributed by atoms with Crippen LogP contribution < -0.4 is 5.32 Å². The number of hydrogen-bond acceptors (Lipinski definition) is 4. The summed E-state index contributed by atoms with van der Waals surface area (Å²) in [6.07, 6.45) is 1.48. The average Bonchev–Trinajstić information content (AvgIpc) is 3.22. The van der Waals surface area contributed by atoms with Gasteiger partial charge in [0.05, 0.1) is 6.20 Å². The van der Waals surface area contributed by atoms with Crippen molar-refractivity contribution in [3.05, 3.63) is 76.5 Å². The number of oxazole rings is 1. The Morgan fingerprint density at radius 3 is 2.68 bits per heavy atom. The summed E-state index contributed by atoms with van der Waals surface area (Å²) in [6, 6.07) is 12.5. The first-order chi connectivity index (χ1) is 13.4. The van der Waals surface area contributed by atoms with Crippen LogP contribution in [0.15, 0.2) is 63.6 Å². The quantitative estimate of drug-likeness (QED) is 0.612. The van der Waals surface area contributed by atoms with Crippen molar-refractivity contribution >= 4 is 27.9 Å². The van der Waals surface area contributed by atoms with E-state index in [9.17, 15) is 14.0 Å².